The molecule has 0 bridgehead atoms. The van der Waals surface area contributed by atoms with Crippen molar-refractivity contribution in [3.63, 3.8) is 0 Å². The molecule has 0 aliphatic carbocycles. The molecule has 3 nitrogen and oxygen atoms in total. The van der Waals surface area contributed by atoms with Crippen LogP contribution in [-0.4, -0.2) is 42.1 Å². The molecule has 2 amide bonds. The van der Waals surface area contributed by atoms with Crippen molar-refractivity contribution < 1.29 is 4.79 Å². The fourth-order valence-corrected chi connectivity index (χ4v) is 2.38. The number of carbonyl (C=O) groups is 1. The second kappa shape index (κ2) is 5.37. The Morgan fingerprint density at radius 1 is 1.54 bits per heavy atom. The zero-order valence-corrected chi connectivity index (χ0v) is 9.19. The summed E-state index contributed by atoms with van der Waals surface area (Å²) in [5, 5.41) is 3.04. The SMILES string of the molecule is CCN(C)C(=O)NC1CCSCC1. The van der Waals surface area contributed by atoms with E-state index in [1.165, 1.54) is 11.5 Å². The molecule has 0 unspecified atom stereocenters. The smallest absolute Gasteiger partial charge is 0.317 e. The summed E-state index contributed by atoms with van der Waals surface area (Å²) in [4.78, 5) is 13.2. The van der Waals surface area contributed by atoms with E-state index in [0.717, 1.165) is 19.4 Å². The van der Waals surface area contributed by atoms with Crippen molar-refractivity contribution in [3.8, 4) is 0 Å². The molecule has 1 heterocycles. The van der Waals surface area contributed by atoms with Crippen LogP contribution in [-0.2, 0) is 0 Å². The third-order valence-electron chi connectivity index (χ3n) is 2.37. The second-order valence-corrected chi connectivity index (χ2v) is 4.58. The Morgan fingerprint density at radius 3 is 2.69 bits per heavy atom. The monoisotopic (exact) mass is 202 g/mol. The Balaban J connectivity index is 2.26. The summed E-state index contributed by atoms with van der Waals surface area (Å²) in [7, 11) is 1.83. The molecule has 13 heavy (non-hydrogen) atoms. The average Bonchev–Trinajstić information content (AvgIpc) is 2.18. The maximum atomic E-state index is 11.5. The number of urea groups is 1. The summed E-state index contributed by atoms with van der Waals surface area (Å²) in [6.45, 7) is 2.75. The van der Waals surface area contributed by atoms with Gasteiger partial charge in [0.25, 0.3) is 0 Å². The summed E-state index contributed by atoms with van der Waals surface area (Å²) < 4.78 is 0. The summed E-state index contributed by atoms with van der Waals surface area (Å²) >= 11 is 1.97. The van der Waals surface area contributed by atoms with Crippen molar-refractivity contribution in [2.24, 2.45) is 0 Å². The van der Waals surface area contributed by atoms with E-state index in [4.69, 9.17) is 0 Å². The Morgan fingerprint density at radius 2 is 2.15 bits per heavy atom. The largest absolute Gasteiger partial charge is 0.335 e. The Kier molecular flexibility index (Phi) is 4.42. The van der Waals surface area contributed by atoms with Crippen molar-refractivity contribution in [2.45, 2.75) is 25.8 Å². The fourth-order valence-electron chi connectivity index (χ4n) is 1.27. The van der Waals surface area contributed by atoms with E-state index >= 15 is 0 Å². The van der Waals surface area contributed by atoms with Crippen molar-refractivity contribution in [2.75, 3.05) is 25.1 Å². The van der Waals surface area contributed by atoms with E-state index in [-0.39, 0.29) is 6.03 Å². The highest BCUT2D eigenvalue weighted by Gasteiger charge is 2.16. The summed E-state index contributed by atoms with van der Waals surface area (Å²) in [6.07, 6.45) is 2.24. The van der Waals surface area contributed by atoms with Crippen LogP contribution in [0.15, 0.2) is 0 Å². The normalized spacial score (nSPS) is 18.3. The van der Waals surface area contributed by atoms with Crippen LogP contribution in [0.5, 0.6) is 0 Å². The number of hydrogen-bond donors (Lipinski definition) is 1. The van der Waals surface area contributed by atoms with Gasteiger partial charge < -0.3 is 10.2 Å². The van der Waals surface area contributed by atoms with E-state index in [1.54, 1.807) is 4.90 Å². The van der Waals surface area contributed by atoms with E-state index in [1.807, 2.05) is 25.7 Å². The second-order valence-electron chi connectivity index (χ2n) is 3.35. The molecule has 1 saturated heterocycles. The quantitative estimate of drug-likeness (QED) is 0.736. The lowest BCUT2D eigenvalue weighted by Crippen LogP contribution is -2.44. The highest BCUT2D eigenvalue weighted by Crippen LogP contribution is 2.16. The highest BCUT2D eigenvalue weighted by molar-refractivity contribution is 7.99. The molecular formula is C9H18N2OS. The van der Waals surface area contributed by atoms with Gasteiger partial charge in [0.2, 0.25) is 0 Å². The number of nitrogens with zero attached hydrogens (tertiary/aromatic N) is 1. The van der Waals surface area contributed by atoms with Gasteiger partial charge >= 0.3 is 6.03 Å². The van der Waals surface area contributed by atoms with E-state index in [0.29, 0.717) is 6.04 Å². The Bertz CT molecular complexity index is 169. The van der Waals surface area contributed by atoms with Gasteiger partial charge in [-0.3, -0.25) is 0 Å². The van der Waals surface area contributed by atoms with Crippen LogP contribution in [0.2, 0.25) is 0 Å². The van der Waals surface area contributed by atoms with Crippen molar-refractivity contribution in [1.29, 1.82) is 0 Å². The third-order valence-corrected chi connectivity index (χ3v) is 3.42. The Labute approximate surface area is 84.2 Å². The molecule has 1 N–H and O–H groups in total. The van der Waals surface area contributed by atoms with Crippen LogP contribution in [0.25, 0.3) is 0 Å². The predicted molar refractivity (Wildman–Crippen MR) is 57.2 cm³/mol. The number of hydrogen-bond acceptors (Lipinski definition) is 2. The van der Waals surface area contributed by atoms with Gasteiger partial charge in [0.05, 0.1) is 0 Å². The van der Waals surface area contributed by atoms with Crippen molar-refractivity contribution in [3.05, 3.63) is 0 Å². The number of thioether (sulfide) groups is 1. The third kappa shape index (κ3) is 3.46. The van der Waals surface area contributed by atoms with Gasteiger partial charge in [-0.15, -0.1) is 0 Å². The maximum Gasteiger partial charge on any atom is 0.317 e. The van der Waals surface area contributed by atoms with Gasteiger partial charge in [-0.2, -0.15) is 11.8 Å². The van der Waals surface area contributed by atoms with Gasteiger partial charge in [0.15, 0.2) is 0 Å². The molecule has 1 aliphatic rings. The number of amides is 2. The molecule has 0 aromatic rings. The summed E-state index contributed by atoms with van der Waals surface area (Å²) in [5.41, 5.74) is 0. The standard InChI is InChI=1S/C9H18N2OS/c1-3-11(2)9(12)10-8-4-6-13-7-5-8/h8H,3-7H2,1-2H3,(H,10,12). The van der Waals surface area contributed by atoms with Gasteiger partial charge in [0.1, 0.15) is 0 Å². The summed E-state index contributed by atoms with van der Waals surface area (Å²) in [5.74, 6) is 2.36. The van der Waals surface area contributed by atoms with Gasteiger partial charge in [-0.05, 0) is 31.3 Å². The zero-order valence-electron chi connectivity index (χ0n) is 8.38. The maximum absolute atomic E-state index is 11.5. The molecule has 0 spiro atoms. The van der Waals surface area contributed by atoms with Crippen LogP contribution in [0.4, 0.5) is 4.79 Å². The number of rotatable bonds is 2. The number of nitrogens with one attached hydrogen (secondary N) is 1. The van der Waals surface area contributed by atoms with E-state index in [9.17, 15) is 4.79 Å². The molecule has 0 radical (unpaired) electrons. The molecule has 1 fully saturated rings. The van der Waals surface area contributed by atoms with E-state index in [2.05, 4.69) is 5.32 Å². The van der Waals surface area contributed by atoms with Gasteiger partial charge in [-0.25, -0.2) is 4.79 Å². The first kappa shape index (κ1) is 10.7. The minimum absolute atomic E-state index is 0.0689. The van der Waals surface area contributed by atoms with Crippen molar-refractivity contribution >= 4 is 17.8 Å². The molecule has 0 aromatic heterocycles. The fraction of sp³-hybridized carbons (Fsp3) is 0.889. The van der Waals surface area contributed by atoms with Gasteiger partial charge in [0, 0.05) is 19.6 Å². The lowest BCUT2D eigenvalue weighted by molar-refractivity contribution is 0.206. The molecule has 4 heteroatoms. The van der Waals surface area contributed by atoms with Crippen LogP contribution in [0, 0.1) is 0 Å². The first-order valence-electron chi connectivity index (χ1n) is 4.83. The zero-order chi connectivity index (χ0) is 9.68. The van der Waals surface area contributed by atoms with E-state index < -0.39 is 0 Å². The molecular weight excluding hydrogens is 184 g/mol. The van der Waals surface area contributed by atoms with Crippen LogP contribution < -0.4 is 5.32 Å². The van der Waals surface area contributed by atoms with Crippen LogP contribution >= 0.6 is 11.8 Å². The molecule has 0 aromatic carbocycles. The molecule has 0 atom stereocenters. The first-order chi connectivity index (χ1) is 6.24. The number of carbonyl (C=O) groups excluding carboxylic acids is 1. The average molecular weight is 202 g/mol. The molecule has 0 saturated carbocycles. The predicted octanol–water partition coefficient (Wildman–Crippen LogP) is 1.54. The first-order valence-corrected chi connectivity index (χ1v) is 5.99. The molecule has 1 rings (SSSR count). The minimum Gasteiger partial charge on any atom is -0.335 e. The van der Waals surface area contributed by atoms with Crippen LogP contribution in [0.1, 0.15) is 19.8 Å². The highest BCUT2D eigenvalue weighted by atomic mass is 32.2. The lowest BCUT2D eigenvalue weighted by Gasteiger charge is -2.25. The van der Waals surface area contributed by atoms with Gasteiger partial charge in [-0.1, -0.05) is 0 Å². The Hall–Kier alpha value is -0.380. The molecule has 76 valence electrons. The topological polar surface area (TPSA) is 32.3 Å². The van der Waals surface area contributed by atoms with Crippen LogP contribution in [0.3, 0.4) is 0 Å². The lowest BCUT2D eigenvalue weighted by atomic mass is 10.2. The minimum atomic E-state index is 0.0689. The van der Waals surface area contributed by atoms with Crippen molar-refractivity contribution in [1.82, 2.24) is 10.2 Å². The summed E-state index contributed by atoms with van der Waals surface area (Å²) in [6, 6.07) is 0.474. The molecule has 1 aliphatic heterocycles.